The second-order valence-corrected chi connectivity index (χ2v) is 6.59. The summed E-state index contributed by atoms with van der Waals surface area (Å²) >= 11 is 0. The number of hydrogen-bond donors (Lipinski definition) is 2. The Kier molecular flexibility index (Phi) is 2.80. The van der Waals surface area contributed by atoms with Crippen molar-refractivity contribution >= 4 is 0 Å². The molecule has 3 aliphatic rings. The van der Waals surface area contributed by atoms with Crippen LogP contribution in [0.2, 0.25) is 0 Å². The molecular formula is C14H24O4. The Morgan fingerprint density at radius 2 is 1.72 bits per heavy atom. The summed E-state index contributed by atoms with van der Waals surface area (Å²) in [4.78, 5) is 0. The zero-order valence-electron chi connectivity index (χ0n) is 11.3. The van der Waals surface area contributed by atoms with Crippen molar-refractivity contribution in [2.24, 2.45) is 11.3 Å². The van der Waals surface area contributed by atoms with Crippen LogP contribution in [0.4, 0.5) is 0 Å². The van der Waals surface area contributed by atoms with Gasteiger partial charge in [-0.15, -0.1) is 0 Å². The summed E-state index contributed by atoms with van der Waals surface area (Å²) in [6.45, 7) is 5.23. The molecule has 1 saturated heterocycles. The molecule has 4 nitrogen and oxygen atoms in total. The van der Waals surface area contributed by atoms with Crippen molar-refractivity contribution in [3.8, 4) is 0 Å². The number of aliphatic hydroxyl groups is 2. The van der Waals surface area contributed by atoms with Gasteiger partial charge in [0.15, 0.2) is 5.79 Å². The van der Waals surface area contributed by atoms with Gasteiger partial charge in [-0.2, -0.15) is 0 Å². The van der Waals surface area contributed by atoms with Gasteiger partial charge in [0.2, 0.25) is 0 Å². The molecule has 3 rings (SSSR count). The smallest absolute Gasteiger partial charge is 0.174 e. The molecule has 0 aromatic heterocycles. The molecule has 0 amide bonds. The third-order valence-corrected chi connectivity index (χ3v) is 5.71. The summed E-state index contributed by atoms with van der Waals surface area (Å²) in [5.41, 5.74) is -1.22. The standard InChI is InChI=1S/C14H24O4/c1-12-7-5-11(15)13(2,16)10(12)4-3-6-14(12)17-8-9-18-14/h10-11,15-16H,3-9H2,1-2H3/t10-,11-,12+,13+/m1/s1. The Hall–Kier alpha value is -0.160. The van der Waals surface area contributed by atoms with E-state index in [4.69, 9.17) is 9.47 Å². The lowest BCUT2D eigenvalue weighted by Gasteiger charge is -2.60. The number of fused-ring (bicyclic) bond motifs is 2. The van der Waals surface area contributed by atoms with Gasteiger partial charge in [-0.05, 0) is 32.6 Å². The molecular weight excluding hydrogens is 232 g/mol. The van der Waals surface area contributed by atoms with E-state index in [9.17, 15) is 10.2 Å². The van der Waals surface area contributed by atoms with Crippen molar-refractivity contribution in [3.63, 3.8) is 0 Å². The summed E-state index contributed by atoms with van der Waals surface area (Å²) in [6.07, 6.45) is 3.68. The fourth-order valence-corrected chi connectivity index (χ4v) is 4.60. The summed E-state index contributed by atoms with van der Waals surface area (Å²) in [5, 5.41) is 20.8. The third-order valence-electron chi connectivity index (χ3n) is 5.71. The van der Waals surface area contributed by atoms with Gasteiger partial charge in [0.25, 0.3) is 0 Å². The second kappa shape index (κ2) is 3.92. The molecule has 18 heavy (non-hydrogen) atoms. The molecule has 2 N–H and O–H groups in total. The fourth-order valence-electron chi connectivity index (χ4n) is 4.60. The van der Waals surface area contributed by atoms with E-state index < -0.39 is 17.5 Å². The van der Waals surface area contributed by atoms with Crippen molar-refractivity contribution < 1.29 is 19.7 Å². The molecule has 1 heterocycles. The van der Waals surface area contributed by atoms with Gasteiger partial charge >= 0.3 is 0 Å². The maximum Gasteiger partial charge on any atom is 0.174 e. The Morgan fingerprint density at radius 1 is 1.06 bits per heavy atom. The molecule has 0 aromatic rings. The van der Waals surface area contributed by atoms with Crippen molar-refractivity contribution in [2.75, 3.05) is 13.2 Å². The Balaban J connectivity index is 1.99. The fraction of sp³-hybridized carbons (Fsp3) is 1.00. The van der Waals surface area contributed by atoms with E-state index >= 15 is 0 Å². The molecule has 0 unspecified atom stereocenters. The highest BCUT2D eigenvalue weighted by atomic mass is 16.7. The summed E-state index contributed by atoms with van der Waals surface area (Å²) in [7, 11) is 0. The van der Waals surface area contributed by atoms with Crippen LogP contribution in [0.3, 0.4) is 0 Å². The van der Waals surface area contributed by atoms with Crippen LogP contribution in [0.1, 0.15) is 46.0 Å². The van der Waals surface area contributed by atoms with Crippen LogP contribution in [0.25, 0.3) is 0 Å². The quantitative estimate of drug-likeness (QED) is 0.688. The SMILES string of the molecule is C[C@@]1(O)[C@H](O)CC[C@@]2(C)[C@H]1CCCC21OCCO1. The first kappa shape index (κ1) is 12.9. The molecule has 1 aliphatic heterocycles. The van der Waals surface area contributed by atoms with Gasteiger partial charge in [0.05, 0.1) is 24.9 Å². The normalized spacial score (nSPS) is 51.3. The highest BCUT2D eigenvalue weighted by Crippen LogP contribution is 2.60. The van der Waals surface area contributed by atoms with E-state index in [1.54, 1.807) is 6.92 Å². The van der Waals surface area contributed by atoms with Crippen LogP contribution < -0.4 is 0 Å². The molecule has 0 radical (unpaired) electrons. The summed E-state index contributed by atoms with van der Waals surface area (Å²) in [5.74, 6) is -0.486. The minimum absolute atomic E-state index is 0.0422. The molecule has 4 heteroatoms. The Bertz CT molecular complexity index is 335. The van der Waals surface area contributed by atoms with E-state index in [2.05, 4.69) is 6.92 Å². The van der Waals surface area contributed by atoms with Crippen LogP contribution >= 0.6 is 0 Å². The number of ether oxygens (including phenoxy) is 2. The van der Waals surface area contributed by atoms with E-state index in [1.807, 2.05) is 0 Å². The maximum atomic E-state index is 10.7. The topological polar surface area (TPSA) is 58.9 Å². The van der Waals surface area contributed by atoms with Crippen LogP contribution in [-0.4, -0.2) is 40.9 Å². The lowest BCUT2D eigenvalue weighted by Crippen LogP contribution is -2.65. The molecule has 0 aromatic carbocycles. The predicted molar refractivity (Wildman–Crippen MR) is 65.9 cm³/mol. The van der Waals surface area contributed by atoms with Gasteiger partial charge in [-0.3, -0.25) is 0 Å². The minimum atomic E-state index is -1.03. The van der Waals surface area contributed by atoms with Crippen molar-refractivity contribution in [1.82, 2.24) is 0 Å². The first-order chi connectivity index (χ1) is 8.42. The van der Waals surface area contributed by atoms with Gasteiger partial charge in [-0.1, -0.05) is 6.92 Å². The second-order valence-electron chi connectivity index (χ2n) is 6.59. The monoisotopic (exact) mass is 256 g/mol. The molecule has 104 valence electrons. The maximum absolute atomic E-state index is 10.7. The molecule has 1 spiro atoms. The van der Waals surface area contributed by atoms with Crippen molar-refractivity contribution in [1.29, 1.82) is 0 Å². The van der Waals surface area contributed by atoms with E-state index in [0.717, 1.165) is 25.7 Å². The summed E-state index contributed by atoms with van der Waals surface area (Å²) < 4.78 is 11.9. The highest BCUT2D eigenvalue weighted by Gasteiger charge is 2.65. The van der Waals surface area contributed by atoms with Crippen molar-refractivity contribution in [3.05, 3.63) is 0 Å². The Morgan fingerprint density at radius 3 is 2.39 bits per heavy atom. The van der Waals surface area contributed by atoms with Gasteiger partial charge < -0.3 is 19.7 Å². The first-order valence-electron chi connectivity index (χ1n) is 7.11. The number of hydrogen-bond acceptors (Lipinski definition) is 4. The predicted octanol–water partition coefficient (Wildman–Crippen LogP) is 1.44. The minimum Gasteiger partial charge on any atom is -0.390 e. The first-order valence-corrected chi connectivity index (χ1v) is 7.11. The van der Waals surface area contributed by atoms with Crippen LogP contribution in [0.5, 0.6) is 0 Å². The zero-order chi connectivity index (χ0) is 13.0. The van der Waals surface area contributed by atoms with Gasteiger partial charge in [-0.25, -0.2) is 0 Å². The van der Waals surface area contributed by atoms with Gasteiger partial charge in [0, 0.05) is 17.8 Å². The molecule has 2 saturated carbocycles. The molecule has 2 aliphatic carbocycles. The van der Waals surface area contributed by atoms with Crippen LogP contribution in [0.15, 0.2) is 0 Å². The number of rotatable bonds is 0. The van der Waals surface area contributed by atoms with Gasteiger partial charge in [0.1, 0.15) is 0 Å². The van der Waals surface area contributed by atoms with E-state index in [1.165, 1.54) is 0 Å². The lowest BCUT2D eigenvalue weighted by molar-refractivity contribution is -0.311. The number of aliphatic hydroxyl groups excluding tert-OH is 1. The average molecular weight is 256 g/mol. The van der Waals surface area contributed by atoms with Crippen LogP contribution in [0, 0.1) is 11.3 Å². The lowest BCUT2D eigenvalue weighted by atomic mass is 9.52. The third kappa shape index (κ3) is 1.46. The van der Waals surface area contributed by atoms with Crippen LogP contribution in [-0.2, 0) is 9.47 Å². The van der Waals surface area contributed by atoms with E-state index in [0.29, 0.717) is 19.6 Å². The average Bonchev–Trinajstić information content (AvgIpc) is 2.78. The highest BCUT2D eigenvalue weighted by molar-refractivity contribution is 5.10. The zero-order valence-corrected chi connectivity index (χ0v) is 11.3. The summed E-state index contributed by atoms with van der Waals surface area (Å²) in [6, 6.07) is 0. The van der Waals surface area contributed by atoms with E-state index in [-0.39, 0.29) is 11.3 Å². The van der Waals surface area contributed by atoms with Crippen molar-refractivity contribution in [2.45, 2.75) is 63.4 Å². The molecule has 4 atom stereocenters. The largest absolute Gasteiger partial charge is 0.390 e. The molecule has 3 fully saturated rings. The molecule has 0 bridgehead atoms. The Labute approximate surface area is 108 Å².